The predicted octanol–water partition coefficient (Wildman–Crippen LogP) is 3.50. The maximum Gasteiger partial charge on any atom is -0.0288 e. The van der Waals surface area contributed by atoms with Gasteiger partial charge in [0.05, 0.1) is 0 Å². The van der Waals surface area contributed by atoms with E-state index in [0.717, 1.165) is 12.8 Å². The third kappa shape index (κ3) is 5.61. The van der Waals surface area contributed by atoms with Gasteiger partial charge in [-0.2, -0.15) is 0 Å². The Morgan fingerprint density at radius 2 is 2.20 bits per heavy atom. The van der Waals surface area contributed by atoms with Gasteiger partial charge in [0.25, 0.3) is 0 Å². The molecular formula is C10H17. The maximum atomic E-state index is 3.01. The fourth-order valence-corrected chi connectivity index (χ4v) is 0.895. The Hall–Kier alpha value is -0.520. The van der Waals surface area contributed by atoms with Crippen molar-refractivity contribution < 1.29 is 0 Å². The Morgan fingerprint density at radius 1 is 1.50 bits per heavy atom. The van der Waals surface area contributed by atoms with Gasteiger partial charge in [-0.15, -0.1) is 0 Å². The molecule has 0 rings (SSSR count). The topological polar surface area (TPSA) is 0 Å². The van der Waals surface area contributed by atoms with Crippen LogP contribution in [0.5, 0.6) is 0 Å². The Kier molecular flexibility index (Phi) is 6.25. The van der Waals surface area contributed by atoms with E-state index in [1.54, 1.807) is 0 Å². The van der Waals surface area contributed by atoms with Crippen LogP contribution in [-0.4, -0.2) is 0 Å². The highest BCUT2D eigenvalue weighted by Gasteiger charge is 1.84. The minimum atomic E-state index is 1.14. The molecule has 0 spiro atoms. The summed E-state index contributed by atoms with van der Waals surface area (Å²) in [4.78, 5) is 0. The lowest BCUT2D eigenvalue weighted by atomic mass is 10.1. The highest BCUT2D eigenvalue weighted by Crippen LogP contribution is 2.04. The molecule has 0 N–H and O–H groups in total. The zero-order chi connectivity index (χ0) is 7.82. The maximum absolute atomic E-state index is 3.01. The van der Waals surface area contributed by atoms with Gasteiger partial charge in [0.2, 0.25) is 0 Å². The highest BCUT2D eigenvalue weighted by molar-refractivity contribution is 4.98. The minimum absolute atomic E-state index is 1.14. The van der Waals surface area contributed by atoms with Crippen LogP contribution >= 0.6 is 0 Å². The Bertz CT molecular complexity index is 118. The third-order valence-electron chi connectivity index (χ3n) is 1.44. The molecule has 1 radical (unpaired) electrons. The predicted molar refractivity (Wildman–Crippen MR) is 46.8 cm³/mol. The molecule has 0 atom stereocenters. The SMILES string of the molecule is C/[C]=C/CCC(C)=CCC. The molecule has 0 aliphatic carbocycles. The van der Waals surface area contributed by atoms with Gasteiger partial charge in [-0.25, -0.2) is 0 Å². The van der Waals surface area contributed by atoms with Crippen LogP contribution in [0.25, 0.3) is 0 Å². The number of hydrogen-bond donors (Lipinski definition) is 0. The van der Waals surface area contributed by atoms with Crippen molar-refractivity contribution in [3.63, 3.8) is 0 Å². The smallest absolute Gasteiger partial charge is 0.0288 e. The van der Waals surface area contributed by atoms with E-state index in [9.17, 15) is 0 Å². The van der Waals surface area contributed by atoms with Gasteiger partial charge >= 0.3 is 0 Å². The summed E-state index contributed by atoms with van der Waals surface area (Å²) < 4.78 is 0. The molecule has 0 aromatic carbocycles. The van der Waals surface area contributed by atoms with E-state index in [4.69, 9.17) is 0 Å². The van der Waals surface area contributed by atoms with Crippen molar-refractivity contribution in [2.24, 2.45) is 0 Å². The van der Waals surface area contributed by atoms with Gasteiger partial charge in [-0.05, 0) is 33.1 Å². The molecule has 0 aliphatic rings. The second kappa shape index (κ2) is 6.60. The van der Waals surface area contributed by atoms with Gasteiger partial charge in [-0.3, -0.25) is 0 Å². The van der Waals surface area contributed by atoms with Crippen LogP contribution in [0.2, 0.25) is 0 Å². The summed E-state index contributed by atoms with van der Waals surface area (Å²) in [6.45, 7) is 6.30. The summed E-state index contributed by atoms with van der Waals surface area (Å²) >= 11 is 0. The monoisotopic (exact) mass is 137 g/mol. The van der Waals surface area contributed by atoms with E-state index >= 15 is 0 Å². The molecule has 0 saturated carbocycles. The standard InChI is InChI=1S/C10H17/c1-4-6-7-9-10(3)8-5-2/h6,8H,5,7,9H2,1-3H3. The van der Waals surface area contributed by atoms with E-state index in [-0.39, 0.29) is 0 Å². The average Bonchev–Trinajstić information content (AvgIpc) is 1.89. The lowest BCUT2D eigenvalue weighted by molar-refractivity contribution is 0.957. The molecule has 0 saturated heterocycles. The largest absolute Gasteiger partial charge is 0.0859 e. The highest BCUT2D eigenvalue weighted by atomic mass is 13.9. The van der Waals surface area contributed by atoms with Crippen LogP contribution in [0, 0.1) is 6.08 Å². The van der Waals surface area contributed by atoms with Crippen molar-refractivity contribution >= 4 is 0 Å². The first-order valence-electron chi connectivity index (χ1n) is 3.95. The molecule has 10 heavy (non-hydrogen) atoms. The summed E-state index contributed by atoms with van der Waals surface area (Å²) in [6.07, 6.45) is 10.9. The molecule has 0 aromatic heterocycles. The van der Waals surface area contributed by atoms with Crippen LogP contribution in [0.3, 0.4) is 0 Å². The van der Waals surface area contributed by atoms with E-state index in [0.29, 0.717) is 0 Å². The lowest BCUT2D eigenvalue weighted by Crippen LogP contribution is -1.74. The van der Waals surface area contributed by atoms with E-state index in [1.165, 1.54) is 12.0 Å². The first-order valence-corrected chi connectivity index (χ1v) is 3.95. The average molecular weight is 137 g/mol. The molecule has 0 unspecified atom stereocenters. The molecule has 0 aliphatic heterocycles. The number of hydrogen-bond acceptors (Lipinski definition) is 0. The summed E-state index contributed by atoms with van der Waals surface area (Å²) in [6, 6.07) is 0. The normalized spacial score (nSPS) is 12.9. The first kappa shape index (κ1) is 9.48. The molecule has 0 heteroatoms. The van der Waals surface area contributed by atoms with E-state index in [1.807, 2.05) is 6.92 Å². The second-order valence-electron chi connectivity index (χ2n) is 2.49. The van der Waals surface area contributed by atoms with E-state index in [2.05, 4.69) is 32.1 Å². The molecule has 0 fully saturated rings. The Morgan fingerprint density at radius 3 is 2.70 bits per heavy atom. The quantitative estimate of drug-likeness (QED) is 0.520. The van der Waals surface area contributed by atoms with Crippen LogP contribution < -0.4 is 0 Å². The fourth-order valence-electron chi connectivity index (χ4n) is 0.895. The zero-order valence-corrected chi connectivity index (χ0v) is 7.28. The van der Waals surface area contributed by atoms with Gasteiger partial charge in [0, 0.05) is 0 Å². The number of allylic oxidation sites excluding steroid dienone is 4. The van der Waals surface area contributed by atoms with Crippen molar-refractivity contribution in [2.75, 3.05) is 0 Å². The van der Waals surface area contributed by atoms with Crippen molar-refractivity contribution in [2.45, 2.75) is 40.0 Å². The van der Waals surface area contributed by atoms with Crippen molar-refractivity contribution in [3.8, 4) is 0 Å². The molecular weight excluding hydrogens is 120 g/mol. The molecule has 0 aromatic rings. The van der Waals surface area contributed by atoms with Gasteiger partial charge in [-0.1, -0.05) is 30.7 Å². The lowest BCUT2D eigenvalue weighted by Gasteiger charge is -1.94. The fraction of sp³-hybridized carbons (Fsp3) is 0.600. The molecule has 57 valence electrons. The van der Waals surface area contributed by atoms with E-state index < -0.39 is 0 Å². The van der Waals surface area contributed by atoms with Gasteiger partial charge in [0.1, 0.15) is 0 Å². The summed E-state index contributed by atoms with van der Waals surface area (Å²) in [5.41, 5.74) is 1.49. The van der Waals surface area contributed by atoms with Crippen molar-refractivity contribution in [3.05, 3.63) is 23.8 Å². The van der Waals surface area contributed by atoms with Gasteiger partial charge < -0.3 is 0 Å². The minimum Gasteiger partial charge on any atom is -0.0859 e. The Labute approximate surface area is 64.6 Å². The van der Waals surface area contributed by atoms with Crippen LogP contribution in [-0.2, 0) is 0 Å². The molecule has 0 heterocycles. The second-order valence-corrected chi connectivity index (χ2v) is 2.49. The van der Waals surface area contributed by atoms with Crippen molar-refractivity contribution in [1.29, 1.82) is 0 Å². The molecule has 0 nitrogen and oxygen atoms in total. The van der Waals surface area contributed by atoms with Crippen LogP contribution in [0.1, 0.15) is 40.0 Å². The molecule has 0 bridgehead atoms. The molecule has 0 amide bonds. The zero-order valence-electron chi connectivity index (χ0n) is 7.28. The number of rotatable bonds is 4. The van der Waals surface area contributed by atoms with Crippen LogP contribution in [0.4, 0.5) is 0 Å². The first-order chi connectivity index (χ1) is 4.81. The van der Waals surface area contributed by atoms with Crippen LogP contribution in [0.15, 0.2) is 17.7 Å². The summed E-state index contributed by atoms with van der Waals surface area (Å²) in [7, 11) is 0. The third-order valence-corrected chi connectivity index (χ3v) is 1.44. The summed E-state index contributed by atoms with van der Waals surface area (Å²) in [5.74, 6) is 0. The van der Waals surface area contributed by atoms with Crippen molar-refractivity contribution in [1.82, 2.24) is 0 Å². The van der Waals surface area contributed by atoms with Gasteiger partial charge in [0.15, 0.2) is 0 Å². The Balaban J connectivity index is 3.38. The summed E-state index contributed by atoms with van der Waals surface area (Å²) in [5, 5.41) is 0.